The van der Waals surface area contributed by atoms with E-state index in [2.05, 4.69) is 10.3 Å². The molecule has 0 spiro atoms. The van der Waals surface area contributed by atoms with Crippen LogP contribution in [0.5, 0.6) is 11.6 Å². The second-order valence-corrected chi connectivity index (χ2v) is 5.77. The maximum absolute atomic E-state index is 12.6. The second-order valence-electron chi connectivity index (χ2n) is 5.77. The van der Waals surface area contributed by atoms with Gasteiger partial charge in [0.15, 0.2) is 0 Å². The van der Waals surface area contributed by atoms with Gasteiger partial charge in [-0.05, 0) is 49.4 Å². The molecule has 3 rings (SSSR count). The summed E-state index contributed by atoms with van der Waals surface area (Å²) < 4.78 is 11.0. The number of benzene rings is 1. The number of carbonyl (C=O) groups excluding carboxylic acids is 1. The summed E-state index contributed by atoms with van der Waals surface area (Å²) in [6, 6.07) is 9.10. The lowest BCUT2D eigenvalue weighted by Gasteiger charge is -2.13. The van der Waals surface area contributed by atoms with Crippen LogP contribution in [0.25, 0.3) is 0 Å². The van der Waals surface area contributed by atoms with Crippen molar-refractivity contribution < 1.29 is 14.3 Å². The van der Waals surface area contributed by atoms with Gasteiger partial charge < -0.3 is 14.8 Å². The molecule has 2 aromatic rings. The molecule has 1 heterocycles. The predicted molar refractivity (Wildman–Crippen MR) is 88.1 cm³/mol. The number of carbonyl (C=O) groups is 1. The first-order valence-corrected chi connectivity index (χ1v) is 7.71. The summed E-state index contributed by atoms with van der Waals surface area (Å²) in [7, 11) is 1.53. The number of nitrogens with one attached hydrogen (secondary N) is 1. The van der Waals surface area contributed by atoms with Crippen LogP contribution in [0.4, 0.5) is 5.69 Å². The Morgan fingerprint density at radius 3 is 2.87 bits per heavy atom. The minimum atomic E-state index is -0.234. The first kappa shape index (κ1) is 15.3. The van der Waals surface area contributed by atoms with Crippen LogP contribution in [-0.4, -0.2) is 24.6 Å². The van der Waals surface area contributed by atoms with Gasteiger partial charge in [-0.2, -0.15) is 0 Å². The SMILES string of the molecule is COc1ncc(C)cc1NC(=O)c1ccccc1OCC1CC1. The highest BCUT2D eigenvalue weighted by molar-refractivity contribution is 6.06. The molecule has 1 aliphatic rings. The molecule has 1 amide bonds. The first-order chi connectivity index (χ1) is 11.2. The van der Waals surface area contributed by atoms with E-state index >= 15 is 0 Å². The van der Waals surface area contributed by atoms with Gasteiger partial charge in [0.05, 0.1) is 19.3 Å². The van der Waals surface area contributed by atoms with Crippen molar-refractivity contribution in [3.63, 3.8) is 0 Å². The molecule has 23 heavy (non-hydrogen) atoms. The smallest absolute Gasteiger partial charge is 0.259 e. The van der Waals surface area contributed by atoms with Gasteiger partial charge in [-0.15, -0.1) is 0 Å². The summed E-state index contributed by atoms with van der Waals surface area (Å²) in [5.41, 5.74) is 2.01. The number of hydrogen-bond donors (Lipinski definition) is 1. The number of pyridine rings is 1. The Morgan fingerprint density at radius 1 is 1.35 bits per heavy atom. The molecule has 5 nitrogen and oxygen atoms in total. The topological polar surface area (TPSA) is 60.5 Å². The summed E-state index contributed by atoms with van der Waals surface area (Å²) in [6.07, 6.45) is 4.11. The third-order valence-electron chi connectivity index (χ3n) is 3.73. The van der Waals surface area contributed by atoms with Crippen molar-refractivity contribution in [2.75, 3.05) is 19.0 Å². The van der Waals surface area contributed by atoms with E-state index in [9.17, 15) is 4.79 Å². The fraction of sp³-hybridized carbons (Fsp3) is 0.333. The Labute approximate surface area is 135 Å². The Bertz CT molecular complexity index is 711. The van der Waals surface area contributed by atoms with Crippen molar-refractivity contribution in [1.82, 2.24) is 4.98 Å². The van der Waals surface area contributed by atoms with E-state index in [4.69, 9.17) is 9.47 Å². The van der Waals surface area contributed by atoms with Crippen molar-refractivity contribution in [2.45, 2.75) is 19.8 Å². The fourth-order valence-electron chi connectivity index (χ4n) is 2.27. The molecule has 0 unspecified atom stereocenters. The van der Waals surface area contributed by atoms with Crippen LogP contribution in [0, 0.1) is 12.8 Å². The average Bonchev–Trinajstić information content (AvgIpc) is 3.38. The molecular weight excluding hydrogens is 292 g/mol. The molecule has 1 aliphatic carbocycles. The zero-order chi connectivity index (χ0) is 16.2. The van der Waals surface area contributed by atoms with Crippen LogP contribution < -0.4 is 14.8 Å². The summed E-state index contributed by atoms with van der Waals surface area (Å²) in [4.78, 5) is 16.8. The number of para-hydroxylation sites is 1. The molecule has 0 aliphatic heterocycles. The van der Waals surface area contributed by atoms with E-state index in [0.717, 1.165) is 5.56 Å². The number of rotatable bonds is 6. The van der Waals surface area contributed by atoms with E-state index in [1.165, 1.54) is 20.0 Å². The summed E-state index contributed by atoms with van der Waals surface area (Å²) in [5.74, 6) is 1.39. The van der Waals surface area contributed by atoms with Crippen molar-refractivity contribution in [3.05, 3.63) is 47.7 Å². The first-order valence-electron chi connectivity index (χ1n) is 7.71. The number of nitrogens with zero attached hydrogens (tertiary/aromatic N) is 1. The number of amides is 1. The number of aromatic nitrogens is 1. The van der Waals surface area contributed by atoms with Gasteiger partial charge in [0.1, 0.15) is 11.4 Å². The van der Waals surface area contributed by atoms with Crippen LogP contribution in [-0.2, 0) is 0 Å². The Kier molecular flexibility index (Phi) is 4.46. The Morgan fingerprint density at radius 2 is 2.13 bits per heavy atom. The van der Waals surface area contributed by atoms with Gasteiger partial charge in [-0.3, -0.25) is 4.79 Å². The minimum Gasteiger partial charge on any atom is -0.492 e. The Hall–Kier alpha value is -2.56. The normalized spacial score (nSPS) is 13.5. The summed E-state index contributed by atoms with van der Waals surface area (Å²) in [6.45, 7) is 2.58. The lowest BCUT2D eigenvalue weighted by Crippen LogP contribution is -2.15. The number of ether oxygens (including phenoxy) is 2. The van der Waals surface area contributed by atoms with E-state index in [1.807, 2.05) is 31.2 Å². The number of anilines is 1. The van der Waals surface area contributed by atoms with E-state index < -0.39 is 0 Å². The lowest BCUT2D eigenvalue weighted by molar-refractivity contribution is 0.102. The highest BCUT2D eigenvalue weighted by Crippen LogP contribution is 2.31. The standard InChI is InChI=1S/C18H20N2O3/c1-12-9-15(18(22-2)19-10-12)20-17(21)14-5-3-4-6-16(14)23-11-13-7-8-13/h3-6,9-10,13H,7-8,11H2,1-2H3,(H,20,21). The van der Waals surface area contributed by atoms with E-state index in [-0.39, 0.29) is 5.91 Å². The van der Waals surface area contributed by atoms with Gasteiger partial charge in [0.2, 0.25) is 5.88 Å². The monoisotopic (exact) mass is 312 g/mol. The Balaban J connectivity index is 1.79. The molecule has 1 N–H and O–H groups in total. The third kappa shape index (κ3) is 3.80. The maximum Gasteiger partial charge on any atom is 0.259 e. The quantitative estimate of drug-likeness (QED) is 0.887. The second kappa shape index (κ2) is 6.69. The van der Waals surface area contributed by atoms with Gasteiger partial charge >= 0.3 is 0 Å². The largest absolute Gasteiger partial charge is 0.492 e. The van der Waals surface area contributed by atoms with Crippen molar-refractivity contribution >= 4 is 11.6 Å². The number of methoxy groups -OCH3 is 1. The van der Waals surface area contributed by atoms with Crippen molar-refractivity contribution in [3.8, 4) is 11.6 Å². The van der Waals surface area contributed by atoms with Crippen LogP contribution in [0.15, 0.2) is 36.5 Å². The van der Waals surface area contributed by atoms with Crippen LogP contribution in [0.3, 0.4) is 0 Å². The third-order valence-corrected chi connectivity index (χ3v) is 3.73. The molecule has 1 fully saturated rings. The predicted octanol–water partition coefficient (Wildman–Crippen LogP) is 3.44. The molecule has 1 saturated carbocycles. The molecule has 1 aromatic carbocycles. The van der Waals surface area contributed by atoms with Crippen molar-refractivity contribution in [1.29, 1.82) is 0 Å². The number of hydrogen-bond acceptors (Lipinski definition) is 4. The zero-order valence-electron chi connectivity index (χ0n) is 13.3. The van der Waals surface area contributed by atoms with Crippen LogP contribution in [0.2, 0.25) is 0 Å². The van der Waals surface area contributed by atoms with Gasteiger partial charge in [0, 0.05) is 6.20 Å². The molecule has 120 valence electrons. The van der Waals surface area contributed by atoms with E-state index in [0.29, 0.717) is 35.4 Å². The molecule has 5 heteroatoms. The van der Waals surface area contributed by atoms with Gasteiger partial charge in [-0.1, -0.05) is 12.1 Å². The highest BCUT2D eigenvalue weighted by Gasteiger charge is 2.23. The fourth-order valence-corrected chi connectivity index (χ4v) is 2.27. The van der Waals surface area contributed by atoms with Gasteiger partial charge in [0.25, 0.3) is 5.91 Å². The zero-order valence-corrected chi connectivity index (χ0v) is 13.3. The molecule has 0 saturated heterocycles. The molecule has 1 aromatic heterocycles. The molecule has 0 bridgehead atoms. The maximum atomic E-state index is 12.6. The average molecular weight is 312 g/mol. The number of aryl methyl sites for hydroxylation is 1. The highest BCUT2D eigenvalue weighted by atomic mass is 16.5. The minimum absolute atomic E-state index is 0.234. The summed E-state index contributed by atoms with van der Waals surface area (Å²) in [5, 5.41) is 2.86. The molecular formula is C18H20N2O3. The van der Waals surface area contributed by atoms with Crippen molar-refractivity contribution in [2.24, 2.45) is 5.92 Å². The summed E-state index contributed by atoms with van der Waals surface area (Å²) >= 11 is 0. The lowest BCUT2D eigenvalue weighted by atomic mass is 10.2. The molecule has 0 atom stereocenters. The van der Waals surface area contributed by atoms with E-state index in [1.54, 1.807) is 12.3 Å². The molecule has 0 radical (unpaired) electrons. The van der Waals surface area contributed by atoms with Crippen LogP contribution >= 0.6 is 0 Å². The van der Waals surface area contributed by atoms with Crippen LogP contribution in [0.1, 0.15) is 28.8 Å². The van der Waals surface area contributed by atoms with Gasteiger partial charge in [-0.25, -0.2) is 4.98 Å².